The third-order valence-electron chi connectivity index (χ3n) is 2.39. The SMILES string of the molecule is CCOCC1NCCc2sccc21. The molecule has 0 bridgehead atoms. The van der Waals surface area contributed by atoms with E-state index >= 15 is 0 Å². The Bertz CT molecular complexity index is 272. The number of hydrogen-bond acceptors (Lipinski definition) is 3. The lowest BCUT2D eigenvalue weighted by Crippen LogP contribution is -2.31. The van der Waals surface area contributed by atoms with Crippen LogP contribution < -0.4 is 5.32 Å². The van der Waals surface area contributed by atoms with E-state index in [1.165, 1.54) is 16.9 Å². The van der Waals surface area contributed by atoms with E-state index in [0.29, 0.717) is 6.04 Å². The second-order valence-corrected chi connectivity index (χ2v) is 4.22. The molecule has 1 atom stereocenters. The molecule has 1 aromatic rings. The van der Waals surface area contributed by atoms with Crippen molar-refractivity contribution in [2.24, 2.45) is 0 Å². The second kappa shape index (κ2) is 4.22. The minimum absolute atomic E-state index is 0.426. The number of thiophene rings is 1. The molecule has 0 saturated heterocycles. The molecule has 72 valence electrons. The van der Waals surface area contributed by atoms with E-state index in [1.54, 1.807) is 0 Å². The first-order valence-electron chi connectivity index (χ1n) is 4.79. The van der Waals surface area contributed by atoms with Gasteiger partial charge in [-0.05, 0) is 30.4 Å². The molecule has 0 saturated carbocycles. The van der Waals surface area contributed by atoms with Gasteiger partial charge in [-0.1, -0.05) is 0 Å². The van der Waals surface area contributed by atoms with Crippen molar-refractivity contribution in [3.63, 3.8) is 0 Å². The van der Waals surface area contributed by atoms with Gasteiger partial charge in [0.15, 0.2) is 0 Å². The van der Waals surface area contributed by atoms with E-state index < -0.39 is 0 Å². The molecule has 13 heavy (non-hydrogen) atoms. The quantitative estimate of drug-likeness (QED) is 0.800. The Labute approximate surface area is 82.9 Å². The molecule has 1 aliphatic rings. The van der Waals surface area contributed by atoms with Gasteiger partial charge in [0.05, 0.1) is 12.6 Å². The zero-order valence-electron chi connectivity index (χ0n) is 7.88. The van der Waals surface area contributed by atoms with E-state index in [9.17, 15) is 0 Å². The lowest BCUT2D eigenvalue weighted by Gasteiger charge is -2.23. The minimum atomic E-state index is 0.426. The number of nitrogens with one attached hydrogen (secondary N) is 1. The van der Waals surface area contributed by atoms with Crippen molar-refractivity contribution in [3.05, 3.63) is 21.9 Å². The molecule has 0 radical (unpaired) electrons. The van der Waals surface area contributed by atoms with Crippen molar-refractivity contribution in [1.82, 2.24) is 5.32 Å². The molecule has 1 N–H and O–H groups in total. The highest BCUT2D eigenvalue weighted by molar-refractivity contribution is 7.10. The highest BCUT2D eigenvalue weighted by Gasteiger charge is 2.19. The van der Waals surface area contributed by atoms with Gasteiger partial charge < -0.3 is 10.1 Å². The maximum atomic E-state index is 5.44. The molecule has 2 heterocycles. The van der Waals surface area contributed by atoms with E-state index in [2.05, 4.69) is 16.8 Å². The van der Waals surface area contributed by atoms with Crippen LogP contribution in [0, 0.1) is 0 Å². The lowest BCUT2D eigenvalue weighted by atomic mass is 10.0. The molecule has 1 unspecified atom stereocenters. The Hall–Kier alpha value is -0.380. The Balaban J connectivity index is 2.07. The molecule has 3 heteroatoms. The average Bonchev–Trinajstić information content (AvgIpc) is 2.62. The van der Waals surface area contributed by atoms with Crippen molar-refractivity contribution in [2.45, 2.75) is 19.4 Å². The maximum absolute atomic E-state index is 5.44. The van der Waals surface area contributed by atoms with Gasteiger partial charge in [0.2, 0.25) is 0 Å². The highest BCUT2D eigenvalue weighted by atomic mass is 32.1. The van der Waals surface area contributed by atoms with Crippen molar-refractivity contribution in [1.29, 1.82) is 0 Å². The second-order valence-electron chi connectivity index (χ2n) is 3.22. The smallest absolute Gasteiger partial charge is 0.0661 e. The summed E-state index contributed by atoms with van der Waals surface area (Å²) in [6, 6.07) is 2.64. The van der Waals surface area contributed by atoms with Crippen LogP contribution in [0.1, 0.15) is 23.4 Å². The van der Waals surface area contributed by atoms with Crippen molar-refractivity contribution in [2.75, 3.05) is 19.8 Å². The van der Waals surface area contributed by atoms with Gasteiger partial charge in [-0.25, -0.2) is 0 Å². The van der Waals surface area contributed by atoms with Gasteiger partial charge in [-0.3, -0.25) is 0 Å². The molecule has 1 aromatic heterocycles. The molecule has 2 nitrogen and oxygen atoms in total. The van der Waals surface area contributed by atoms with Gasteiger partial charge in [0, 0.05) is 18.0 Å². The minimum Gasteiger partial charge on any atom is -0.380 e. The first kappa shape index (κ1) is 9.19. The summed E-state index contributed by atoms with van der Waals surface area (Å²) in [6.07, 6.45) is 1.18. The summed E-state index contributed by atoms with van der Waals surface area (Å²) in [4.78, 5) is 1.53. The van der Waals surface area contributed by atoms with Crippen LogP contribution in [0.3, 0.4) is 0 Å². The molecular formula is C10H15NOS. The van der Waals surface area contributed by atoms with Crippen LogP contribution in [-0.2, 0) is 11.2 Å². The fourth-order valence-corrected chi connectivity index (χ4v) is 2.66. The summed E-state index contributed by atoms with van der Waals surface area (Å²) in [7, 11) is 0. The zero-order valence-corrected chi connectivity index (χ0v) is 8.69. The molecule has 0 spiro atoms. The van der Waals surface area contributed by atoms with Crippen LogP contribution in [0.2, 0.25) is 0 Å². The molecule has 0 aliphatic carbocycles. The third-order valence-corrected chi connectivity index (χ3v) is 3.38. The predicted molar refractivity (Wildman–Crippen MR) is 55.3 cm³/mol. The molecule has 0 aromatic carbocycles. The van der Waals surface area contributed by atoms with E-state index in [-0.39, 0.29) is 0 Å². The molecular weight excluding hydrogens is 182 g/mol. The number of fused-ring (bicyclic) bond motifs is 1. The van der Waals surface area contributed by atoms with Crippen LogP contribution in [0.15, 0.2) is 11.4 Å². The summed E-state index contributed by atoms with van der Waals surface area (Å²) in [5.41, 5.74) is 1.45. The predicted octanol–water partition coefficient (Wildman–Crippen LogP) is 1.97. The summed E-state index contributed by atoms with van der Waals surface area (Å²) >= 11 is 1.87. The highest BCUT2D eigenvalue weighted by Crippen LogP contribution is 2.27. The van der Waals surface area contributed by atoms with Gasteiger partial charge in [0.1, 0.15) is 0 Å². The fraction of sp³-hybridized carbons (Fsp3) is 0.600. The van der Waals surface area contributed by atoms with E-state index in [1.807, 2.05) is 18.3 Å². The first-order chi connectivity index (χ1) is 6.42. The normalized spacial score (nSPS) is 21.5. The Morgan fingerprint density at radius 3 is 3.46 bits per heavy atom. The fourth-order valence-electron chi connectivity index (χ4n) is 1.72. The van der Waals surface area contributed by atoms with Gasteiger partial charge >= 0.3 is 0 Å². The monoisotopic (exact) mass is 197 g/mol. The summed E-state index contributed by atoms with van der Waals surface area (Å²) in [6.45, 7) is 4.74. The van der Waals surface area contributed by atoms with Crippen LogP contribution in [-0.4, -0.2) is 19.8 Å². The Morgan fingerprint density at radius 1 is 1.69 bits per heavy atom. The number of rotatable bonds is 3. The first-order valence-corrected chi connectivity index (χ1v) is 5.67. The van der Waals surface area contributed by atoms with Crippen molar-refractivity contribution >= 4 is 11.3 Å². The van der Waals surface area contributed by atoms with Crippen LogP contribution in [0.5, 0.6) is 0 Å². The van der Waals surface area contributed by atoms with Gasteiger partial charge in [-0.2, -0.15) is 0 Å². The van der Waals surface area contributed by atoms with Gasteiger partial charge in [0.25, 0.3) is 0 Å². The van der Waals surface area contributed by atoms with E-state index in [4.69, 9.17) is 4.74 Å². The Kier molecular flexibility index (Phi) is 2.98. The molecule has 0 fully saturated rings. The van der Waals surface area contributed by atoms with E-state index in [0.717, 1.165) is 19.8 Å². The summed E-state index contributed by atoms with van der Waals surface area (Å²) in [5, 5.41) is 5.66. The Morgan fingerprint density at radius 2 is 2.62 bits per heavy atom. The number of ether oxygens (including phenoxy) is 1. The van der Waals surface area contributed by atoms with Crippen LogP contribution in [0.25, 0.3) is 0 Å². The maximum Gasteiger partial charge on any atom is 0.0661 e. The van der Waals surface area contributed by atoms with Crippen molar-refractivity contribution in [3.8, 4) is 0 Å². The lowest BCUT2D eigenvalue weighted by molar-refractivity contribution is 0.121. The standard InChI is InChI=1S/C10H15NOS/c1-2-12-7-9-8-4-6-13-10(8)3-5-11-9/h4,6,9,11H,2-3,5,7H2,1H3. The third kappa shape index (κ3) is 1.93. The topological polar surface area (TPSA) is 21.3 Å². The number of hydrogen-bond donors (Lipinski definition) is 1. The zero-order chi connectivity index (χ0) is 9.10. The molecule has 1 aliphatic heterocycles. The largest absolute Gasteiger partial charge is 0.380 e. The van der Waals surface area contributed by atoms with Crippen LogP contribution in [0.4, 0.5) is 0 Å². The van der Waals surface area contributed by atoms with Gasteiger partial charge in [-0.15, -0.1) is 11.3 Å². The average molecular weight is 197 g/mol. The summed E-state index contributed by atoms with van der Waals surface area (Å²) in [5.74, 6) is 0. The molecule has 0 amide bonds. The van der Waals surface area contributed by atoms with Crippen LogP contribution >= 0.6 is 11.3 Å². The molecule has 2 rings (SSSR count). The van der Waals surface area contributed by atoms with Crippen molar-refractivity contribution < 1.29 is 4.74 Å². The summed E-state index contributed by atoms with van der Waals surface area (Å²) < 4.78 is 5.44.